The molecule has 4 heteroatoms. The molecular weight excluding hydrogens is 205 g/mol. The van der Waals surface area contributed by atoms with Crippen molar-refractivity contribution >= 4 is 11.6 Å². The van der Waals surface area contributed by atoms with E-state index < -0.39 is 17.8 Å². The number of benzene rings is 1. The lowest BCUT2D eigenvalue weighted by Crippen LogP contribution is -2.14. The smallest absolute Gasteiger partial charge is 0.129 e. The van der Waals surface area contributed by atoms with Crippen molar-refractivity contribution in [3.8, 4) is 6.07 Å². The Morgan fingerprint density at radius 1 is 1.57 bits per heavy atom. The minimum Gasteiger partial charge on any atom is -0.392 e. The number of hydrogen-bond acceptors (Lipinski definition) is 2. The number of aliphatic hydroxyl groups is 1. The molecule has 0 aromatic heterocycles. The fraction of sp³-hybridized carbons (Fsp3) is 0.300. The molecule has 0 bridgehead atoms. The van der Waals surface area contributed by atoms with Gasteiger partial charge in [-0.05, 0) is 19.1 Å². The van der Waals surface area contributed by atoms with Gasteiger partial charge in [-0.15, -0.1) is 0 Å². The number of rotatable bonds is 2. The quantitative estimate of drug-likeness (QED) is 0.820. The van der Waals surface area contributed by atoms with Gasteiger partial charge in [-0.2, -0.15) is 5.26 Å². The van der Waals surface area contributed by atoms with Gasteiger partial charge in [0, 0.05) is 10.6 Å². The van der Waals surface area contributed by atoms with Gasteiger partial charge in [-0.1, -0.05) is 17.7 Å². The Morgan fingerprint density at radius 2 is 2.21 bits per heavy atom. The lowest BCUT2D eigenvalue weighted by Gasteiger charge is -2.14. The lowest BCUT2D eigenvalue weighted by molar-refractivity contribution is 0.180. The van der Waals surface area contributed by atoms with Crippen LogP contribution >= 0.6 is 11.6 Å². The minimum absolute atomic E-state index is 0.0617. The number of hydrogen-bond donors (Lipinski definition) is 1. The van der Waals surface area contributed by atoms with E-state index in [2.05, 4.69) is 0 Å². The molecule has 0 amide bonds. The van der Waals surface area contributed by atoms with Gasteiger partial charge in [-0.25, -0.2) is 4.39 Å². The highest BCUT2D eigenvalue weighted by molar-refractivity contribution is 6.31. The van der Waals surface area contributed by atoms with Gasteiger partial charge in [0.25, 0.3) is 0 Å². The van der Waals surface area contributed by atoms with Crippen molar-refractivity contribution < 1.29 is 9.50 Å². The Bertz CT molecular complexity index is 353. The van der Waals surface area contributed by atoms with Crippen LogP contribution < -0.4 is 0 Å². The molecule has 0 heterocycles. The summed E-state index contributed by atoms with van der Waals surface area (Å²) in [6, 6.07) is 5.99. The molecule has 1 aromatic rings. The Kier molecular flexibility index (Phi) is 3.45. The zero-order chi connectivity index (χ0) is 10.7. The van der Waals surface area contributed by atoms with Crippen LogP contribution in [-0.2, 0) is 0 Å². The van der Waals surface area contributed by atoms with E-state index in [4.69, 9.17) is 16.9 Å². The Labute approximate surface area is 86.5 Å². The fourth-order valence-corrected chi connectivity index (χ4v) is 1.50. The normalized spacial score (nSPS) is 14.5. The highest BCUT2D eigenvalue weighted by Crippen LogP contribution is 2.29. The van der Waals surface area contributed by atoms with Crippen LogP contribution in [0, 0.1) is 17.1 Å². The van der Waals surface area contributed by atoms with Gasteiger partial charge >= 0.3 is 0 Å². The zero-order valence-electron chi connectivity index (χ0n) is 7.54. The topological polar surface area (TPSA) is 44.0 Å². The summed E-state index contributed by atoms with van der Waals surface area (Å²) >= 11 is 5.74. The number of halogens is 2. The predicted molar refractivity (Wildman–Crippen MR) is 51.4 cm³/mol. The molecule has 2 nitrogen and oxygen atoms in total. The first-order valence-corrected chi connectivity index (χ1v) is 4.47. The molecule has 0 aliphatic carbocycles. The molecular formula is C10H9ClFNO. The summed E-state index contributed by atoms with van der Waals surface area (Å²) in [5.41, 5.74) is 0.0617. The molecule has 0 saturated carbocycles. The van der Waals surface area contributed by atoms with Crippen molar-refractivity contribution in [3.05, 3.63) is 34.6 Å². The van der Waals surface area contributed by atoms with Gasteiger partial charge in [-0.3, -0.25) is 0 Å². The van der Waals surface area contributed by atoms with Crippen LogP contribution in [0.3, 0.4) is 0 Å². The van der Waals surface area contributed by atoms with E-state index in [0.717, 1.165) is 0 Å². The van der Waals surface area contributed by atoms with Gasteiger partial charge in [0.05, 0.1) is 12.2 Å². The molecule has 2 atom stereocenters. The van der Waals surface area contributed by atoms with Gasteiger partial charge in [0.1, 0.15) is 11.7 Å². The van der Waals surface area contributed by atoms with Crippen LogP contribution in [0.5, 0.6) is 0 Å². The maximum atomic E-state index is 13.3. The molecule has 14 heavy (non-hydrogen) atoms. The SMILES string of the molecule is CC(O)C(C#N)c1c(F)cccc1Cl. The average molecular weight is 214 g/mol. The van der Waals surface area contributed by atoms with Gasteiger partial charge < -0.3 is 5.11 Å². The molecule has 1 N–H and O–H groups in total. The summed E-state index contributed by atoms with van der Waals surface area (Å²) in [4.78, 5) is 0. The second-order valence-corrected chi connectivity index (χ2v) is 3.39. The molecule has 0 saturated heterocycles. The van der Waals surface area contributed by atoms with Crippen molar-refractivity contribution in [1.29, 1.82) is 5.26 Å². The third-order valence-electron chi connectivity index (χ3n) is 1.93. The lowest BCUT2D eigenvalue weighted by atomic mass is 9.95. The summed E-state index contributed by atoms with van der Waals surface area (Å²) in [6.45, 7) is 1.43. The molecule has 0 radical (unpaired) electrons. The molecule has 1 rings (SSSR count). The van der Waals surface area contributed by atoms with E-state index >= 15 is 0 Å². The Balaban J connectivity index is 3.24. The maximum Gasteiger partial charge on any atom is 0.129 e. The Morgan fingerprint density at radius 3 is 2.64 bits per heavy atom. The third kappa shape index (κ3) is 2.03. The van der Waals surface area contributed by atoms with E-state index in [9.17, 15) is 9.50 Å². The first-order chi connectivity index (χ1) is 6.57. The van der Waals surface area contributed by atoms with E-state index in [-0.39, 0.29) is 10.6 Å². The van der Waals surface area contributed by atoms with Crippen molar-refractivity contribution in [1.82, 2.24) is 0 Å². The molecule has 1 aromatic carbocycles. The second kappa shape index (κ2) is 4.41. The molecule has 0 aliphatic rings. The third-order valence-corrected chi connectivity index (χ3v) is 2.26. The number of aliphatic hydroxyl groups excluding tert-OH is 1. The largest absolute Gasteiger partial charge is 0.392 e. The van der Waals surface area contributed by atoms with Crippen LogP contribution in [-0.4, -0.2) is 11.2 Å². The van der Waals surface area contributed by atoms with Crippen molar-refractivity contribution in [2.75, 3.05) is 0 Å². The molecule has 0 aliphatic heterocycles. The molecule has 0 fully saturated rings. The fourth-order valence-electron chi connectivity index (χ4n) is 1.22. The highest BCUT2D eigenvalue weighted by Gasteiger charge is 2.22. The molecule has 74 valence electrons. The highest BCUT2D eigenvalue weighted by atomic mass is 35.5. The average Bonchev–Trinajstić information content (AvgIpc) is 2.10. The standard InChI is InChI=1S/C10H9ClFNO/c1-6(14)7(5-13)10-8(11)3-2-4-9(10)12/h2-4,6-7,14H,1H3. The monoisotopic (exact) mass is 213 g/mol. The van der Waals surface area contributed by atoms with Crippen LogP contribution in [0.15, 0.2) is 18.2 Å². The van der Waals surface area contributed by atoms with Crippen molar-refractivity contribution in [2.45, 2.75) is 18.9 Å². The first-order valence-electron chi connectivity index (χ1n) is 4.09. The van der Waals surface area contributed by atoms with E-state index in [1.807, 2.05) is 6.07 Å². The minimum atomic E-state index is -0.950. The van der Waals surface area contributed by atoms with E-state index in [1.54, 1.807) is 0 Å². The van der Waals surface area contributed by atoms with E-state index in [1.165, 1.54) is 25.1 Å². The summed E-state index contributed by atoms with van der Waals surface area (Å²) in [5.74, 6) is -1.49. The van der Waals surface area contributed by atoms with Crippen molar-refractivity contribution in [2.24, 2.45) is 0 Å². The summed E-state index contributed by atoms with van der Waals surface area (Å²) in [6.07, 6.45) is -0.950. The molecule has 0 spiro atoms. The number of nitrogens with zero attached hydrogens (tertiary/aromatic N) is 1. The van der Waals surface area contributed by atoms with Crippen LogP contribution in [0.4, 0.5) is 4.39 Å². The second-order valence-electron chi connectivity index (χ2n) is 2.98. The Hall–Kier alpha value is -1.11. The summed E-state index contributed by atoms with van der Waals surface area (Å²) in [7, 11) is 0. The summed E-state index contributed by atoms with van der Waals surface area (Å²) < 4.78 is 13.3. The van der Waals surface area contributed by atoms with Gasteiger partial charge in [0.2, 0.25) is 0 Å². The van der Waals surface area contributed by atoms with Crippen LogP contribution in [0.2, 0.25) is 5.02 Å². The van der Waals surface area contributed by atoms with E-state index in [0.29, 0.717) is 0 Å². The van der Waals surface area contributed by atoms with Crippen LogP contribution in [0.25, 0.3) is 0 Å². The molecule has 2 unspecified atom stereocenters. The van der Waals surface area contributed by atoms with Crippen LogP contribution in [0.1, 0.15) is 18.4 Å². The first kappa shape index (κ1) is 11.0. The zero-order valence-corrected chi connectivity index (χ0v) is 8.29. The predicted octanol–water partition coefficient (Wildman–Crippen LogP) is 2.47. The number of nitriles is 1. The van der Waals surface area contributed by atoms with Crippen molar-refractivity contribution in [3.63, 3.8) is 0 Å². The maximum absolute atomic E-state index is 13.3. The van der Waals surface area contributed by atoms with Gasteiger partial charge in [0.15, 0.2) is 0 Å². The summed E-state index contributed by atoms with van der Waals surface area (Å²) in [5, 5.41) is 18.2.